The van der Waals surface area contributed by atoms with Gasteiger partial charge in [-0.05, 0) is 57.8 Å². The van der Waals surface area contributed by atoms with Crippen LogP contribution in [0.25, 0.3) is 0 Å². The number of carbonyl (C=O) groups excluding carboxylic acids is 2. The summed E-state index contributed by atoms with van der Waals surface area (Å²) in [6.07, 6.45) is 79.5. The molecule has 0 aliphatic heterocycles. The molecule has 0 fully saturated rings. The summed E-state index contributed by atoms with van der Waals surface area (Å²) in [6.45, 7) is 4.93. The van der Waals surface area contributed by atoms with Gasteiger partial charge in [-0.25, -0.2) is 0 Å². The van der Waals surface area contributed by atoms with Crippen LogP contribution in [-0.4, -0.2) is 47.4 Å². The van der Waals surface area contributed by atoms with Gasteiger partial charge in [0.2, 0.25) is 5.91 Å². The number of esters is 1. The largest absolute Gasteiger partial charge is 0.466 e. The average molecular weight is 1040 g/mol. The summed E-state index contributed by atoms with van der Waals surface area (Å²) in [5, 5.41) is 23.2. The summed E-state index contributed by atoms with van der Waals surface area (Å²) in [5.74, 6) is -0.0648. The number of amides is 1. The zero-order valence-corrected chi connectivity index (χ0v) is 50.1. The highest BCUT2D eigenvalue weighted by atomic mass is 16.5. The lowest BCUT2D eigenvalue weighted by Crippen LogP contribution is -2.45. The van der Waals surface area contributed by atoms with E-state index in [1.54, 1.807) is 6.08 Å². The molecule has 0 spiro atoms. The van der Waals surface area contributed by atoms with Crippen LogP contribution in [0.4, 0.5) is 0 Å². The van der Waals surface area contributed by atoms with Gasteiger partial charge in [-0.3, -0.25) is 9.59 Å². The van der Waals surface area contributed by atoms with Crippen LogP contribution < -0.4 is 5.32 Å². The maximum atomic E-state index is 12.5. The predicted molar refractivity (Wildman–Crippen MR) is 324 cm³/mol. The van der Waals surface area contributed by atoms with Crippen molar-refractivity contribution in [3.63, 3.8) is 0 Å². The van der Waals surface area contributed by atoms with Crippen LogP contribution in [0.3, 0.4) is 0 Å². The van der Waals surface area contributed by atoms with Crippen LogP contribution in [0.5, 0.6) is 0 Å². The molecule has 0 rings (SSSR count). The molecule has 0 aromatic rings. The number of aliphatic hydroxyl groups excluding tert-OH is 2. The fourth-order valence-electron chi connectivity index (χ4n) is 10.6. The third-order valence-electron chi connectivity index (χ3n) is 15.7. The van der Waals surface area contributed by atoms with Gasteiger partial charge < -0.3 is 20.3 Å². The fraction of sp³-hybridized carbons (Fsp3) is 0.912. The van der Waals surface area contributed by atoms with Crippen LogP contribution in [-0.2, 0) is 14.3 Å². The molecule has 0 bridgehead atoms. The van der Waals surface area contributed by atoms with Crippen LogP contribution in [0.15, 0.2) is 24.3 Å². The van der Waals surface area contributed by atoms with E-state index < -0.39 is 12.1 Å². The number of allylic oxidation sites excluding steroid dienone is 3. The second kappa shape index (κ2) is 63.9. The normalized spacial score (nSPS) is 12.6. The van der Waals surface area contributed by atoms with Gasteiger partial charge in [0.05, 0.1) is 25.4 Å². The molecule has 2 unspecified atom stereocenters. The summed E-state index contributed by atoms with van der Waals surface area (Å²) in [7, 11) is 0. The number of hydrogen-bond donors (Lipinski definition) is 3. The Bertz CT molecular complexity index is 1150. The molecule has 1 amide bonds. The second-order valence-corrected chi connectivity index (χ2v) is 23.2. The van der Waals surface area contributed by atoms with E-state index in [9.17, 15) is 19.8 Å². The first kappa shape index (κ1) is 72.3. The van der Waals surface area contributed by atoms with Crippen molar-refractivity contribution in [2.75, 3.05) is 13.2 Å². The van der Waals surface area contributed by atoms with E-state index in [0.29, 0.717) is 19.4 Å². The van der Waals surface area contributed by atoms with E-state index in [1.165, 1.54) is 302 Å². The summed E-state index contributed by atoms with van der Waals surface area (Å²) in [4.78, 5) is 24.6. The lowest BCUT2D eigenvalue weighted by atomic mass is 10.0. The molecule has 6 nitrogen and oxygen atoms in total. The van der Waals surface area contributed by atoms with E-state index >= 15 is 0 Å². The Hall–Kier alpha value is -1.66. The maximum absolute atomic E-state index is 12.5. The first-order valence-corrected chi connectivity index (χ1v) is 33.6. The maximum Gasteiger partial charge on any atom is 0.305 e. The van der Waals surface area contributed by atoms with Gasteiger partial charge in [0.15, 0.2) is 0 Å². The molecule has 0 aliphatic rings. The predicted octanol–water partition coefficient (Wildman–Crippen LogP) is 21.4. The lowest BCUT2D eigenvalue weighted by Gasteiger charge is -2.20. The van der Waals surface area contributed by atoms with Gasteiger partial charge in [0.1, 0.15) is 0 Å². The summed E-state index contributed by atoms with van der Waals surface area (Å²) in [6, 6.07) is -0.635. The summed E-state index contributed by atoms with van der Waals surface area (Å²) < 4.78 is 5.48. The van der Waals surface area contributed by atoms with Crippen LogP contribution >= 0.6 is 0 Å². The Labute approximate surface area is 462 Å². The smallest absolute Gasteiger partial charge is 0.305 e. The van der Waals surface area contributed by atoms with Crippen molar-refractivity contribution in [2.45, 2.75) is 386 Å². The molecule has 0 saturated carbocycles. The quantitative estimate of drug-likeness (QED) is 0.0320. The lowest BCUT2D eigenvalue weighted by molar-refractivity contribution is -0.143. The van der Waals surface area contributed by atoms with Crippen LogP contribution in [0, 0.1) is 0 Å². The molecular formula is C68H131NO5. The Balaban J connectivity index is 3.46. The number of unbranched alkanes of at least 4 members (excludes halogenated alkanes) is 50. The number of hydrogen-bond acceptors (Lipinski definition) is 5. The number of rotatable bonds is 63. The van der Waals surface area contributed by atoms with Crippen molar-refractivity contribution < 1.29 is 24.5 Å². The molecule has 3 N–H and O–H groups in total. The number of nitrogens with one attached hydrogen (secondary N) is 1. The van der Waals surface area contributed by atoms with Crippen LogP contribution in [0.1, 0.15) is 373 Å². The van der Waals surface area contributed by atoms with Gasteiger partial charge in [-0.2, -0.15) is 0 Å². The minimum atomic E-state index is -0.851. The number of ether oxygens (including phenoxy) is 1. The molecule has 0 heterocycles. The van der Waals surface area contributed by atoms with Crippen molar-refractivity contribution in [3.05, 3.63) is 24.3 Å². The molecule has 6 heteroatoms. The Morgan fingerprint density at radius 3 is 0.959 bits per heavy atom. The number of aliphatic hydroxyl groups is 2. The zero-order chi connectivity index (χ0) is 53.6. The van der Waals surface area contributed by atoms with E-state index in [0.717, 1.165) is 44.9 Å². The molecule has 74 heavy (non-hydrogen) atoms. The third kappa shape index (κ3) is 59.6. The highest BCUT2D eigenvalue weighted by Gasteiger charge is 2.18. The Morgan fingerprint density at radius 2 is 0.635 bits per heavy atom. The van der Waals surface area contributed by atoms with Gasteiger partial charge >= 0.3 is 5.97 Å². The third-order valence-corrected chi connectivity index (χ3v) is 15.7. The molecular weight excluding hydrogens is 911 g/mol. The fourth-order valence-corrected chi connectivity index (χ4v) is 10.6. The van der Waals surface area contributed by atoms with E-state index in [2.05, 4.69) is 31.3 Å². The second-order valence-electron chi connectivity index (χ2n) is 23.2. The average Bonchev–Trinajstić information content (AvgIpc) is 3.40. The first-order valence-electron chi connectivity index (χ1n) is 33.6. The van der Waals surface area contributed by atoms with E-state index in [4.69, 9.17) is 4.74 Å². The van der Waals surface area contributed by atoms with Crippen molar-refractivity contribution in [2.24, 2.45) is 0 Å². The van der Waals surface area contributed by atoms with Gasteiger partial charge in [-0.15, -0.1) is 0 Å². The van der Waals surface area contributed by atoms with E-state index in [-0.39, 0.29) is 18.5 Å². The molecule has 2 atom stereocenters. The standard InChI is InChI=1S/C68H131NO5/c1-3-5-7-9-11-13-15-17-18-19-20-21-22-23-24-27-30-33-37-40-44-48-52-56-60-66(71)65(64-70)69-67(72)61-57-53-49-45-41-38-34-31-28-25-26-29-32-35-39-43-47-51-55-59-63-74-68(73)62-58-54-50-46-42-36-16-14-12-10-8-6-4-2/h25,28,56,60,65-66,70-71H,3-24,26-27,29-55,57-59,61-64H2,1-2H3,(H,69,72)/b28-25-,60-56+. The van der Waals surface area contributed by atoms with E-state index in [1.807, 2.05) is 6.08 Å². The highest BCUT2D eigenvalue weighted by molar-refractivity contribution is 5.76. The summed E-state index contributed by atoms with van der Waals surface area (Å²) in [5.41, 5.74) is 0. The van der Waals surface area contributed by atoms with Gasteiger partial charge in [-0.1, -0.05) is 327 Å². The monoisotopic (exact) mass is 1040 g/mol. The first-order chi connectivity index (χ1) is 36.5. The van der Waals surface area contributed by atoms with Crippen molar-refractivity contribution in [1.82, 2.24) is 5.32 Å². The molecule has 0 saturated heterocycles. The van der Waals surface area contributed by atoms with Crippen molar-refractivity contribution in [3.8, 4) is 0 Å². The van der Waals surface area contributed by atoms with Crippen molar-refractivity contribution >= 4 is 11.9 Å². The summed E-state index contributed by atoms with van der Waals surface area (Å²) >= 11 is 0. The highest BCUT2D eigenvalue weighted by Crippen LogP contribution is 2.18. The Kier molecular flexibility index (Phi) is 62.4. The molecule has 0 radical (unpaired) electrons. The minimum Gasteiger partial charge on any atom is -0.466 e. The molecule has 0 aromatic heterocycles. The minimum absolute atomic E-state index is 0.00782. The topological polar surface area (TPSA) is 95.9 Å². The SMILES string of the molecule is CCCCCCCCCCCCCCCCCCCCCCCC/C=C/C(O)C(CO)NC(=O)CCCCCCCCC/C=C\CCCCCCCCCCCOC(=O)CCCCCCCCCCCCCCC. The number of carbonyl (C=O) groups is 2. The molecule has 0 aliphatic carbocycles. The van der Waals surface area contributed by atoms with Crippen LogP contribution in [0.2, 0.25) is 0 Å². The van der Waals surface area contributed by atoms with Gasteiger partial charge in [0, 0.05) is 12.8 Å². The van der Waals surface area contributed by atoms with Gasteiger partial charge in [0.25, 0.3) is 0 Å². The molecule has 438 valence electrons. The van der Waals surface area contributed by atoms with Crippen molar-refractivity contribution in [1.29, 1.82) is 0 Å². The molecule has 0 aromatic carbocycles. The zero-order valence-electron chi connectivity index (χ0n) is 50.1. The Morgan fingerprint density at radius 1 is 0.365 bits per heavy atom.